The second-order valence-corrected chi connectivity index (χ2v) is 2.73. The Labute approximate surface area is 86.8 Å². The summed E-state index contributed by atoms with van der Waals surface area (Å²) >= 11 is 0. The summed E-state index contributed by atoms with van der Waals surface area (Å²) in [6.45, 7) is 0. The maximum atomic E-state index is 10.6. The standard InChI is InChI=1S/C10H9N3O2/c1-12-6-5-8-3-2-4-10(13(14)15)9(8)7-11/h2-6,12H,1H3. The van der Waals surface area contributed by atoms with Gasteiger partial charge in [0.1, 0.15) is 11.6 Å². The molecule has 0 aliphatic rings. The van der Waals surface area contributed by atoms with Crippen molar-refractivity contribution in [2.24, 2.45) is 0 Å². The molecule has 0 heterocycles. The van der Waals surface area contributed by atoms with Gasteiger partial charge in [-0.15, -0.1) is 0 Å². The number of benzene rings is 1. The first kappa shape index (κ1) is 10.7. The van der Waals surface area contributed by atoms with E-state index in [1.54, 1.807) is 31.5 Å². The van der Waals surface area contributed by atoms with Gasteiger partial charge in [0.2, 0.25) is 0 Å². The van der Waals surface area contributed by atoms with Gasteiger partial charge in [-0.1, -0.05) is 12.1 Å². The Hall–Kier alpha value is -2.35. The summed E-state index contributed by atoms with van der Waals surface area (Å²) in [5.74, 6) is 0. The molecule has 1 aromatic rings. The van der Waals surface area contributed by atoms with E-state index in [2.05, 4.69) is 5.32 Å². The third-order valence-electron chi connectivity index (χ3n) is 1.81. The van der Waals surface area contributed by atoms with Gasteiger partial charge in [-0.25, -0.2) is 0 Å². The second kappa shape index (κ2) is 4.77. The molecule has 0 aliphatic heterocycles. The van der Waals surface area contributed by atoms with E-state index in [1.165, 1.54) is 6.07 Å². The molecule has 0 unspecified atom stereocenters. The summed E-state index contributed by atoms with van der Waals surface area (Å²) in [6, 6.07) is 6.35. The Kier molecular flexibility index (Phi) is 3.41. The molecule has 0 aliphatic carbocycles. The summed E-state index contributed by atoms with van der Waals surface area (Å²) < 4.78 is 0. The zero-order valence-corrected chi connectivity index (χ0v) is 8.10. The van der Waals surface area contributed by atoms with E-state index in [0.29, 0.717) is 5.56 Å². The van der Waals surface area contributed by atoms with Crippen molar-refractivity contribution in [2.75, 3.05) is 7.05 Å². The number of nitro benzene ring substituents is 1. The normalized spacial score (nSPS) is 9.87. The maximum Gasteiger partial charge on any atom is 0.287 e. The largest absolute Gasteiger partial charge is 0.394 e. The van der Waals surface area contributed by atoms with E-state index < -0.39 is 4.92 Å². The number of hydrogen-bond donors (Lipinski definition) is 1. The van der Waals surface area contributed by atoms with E-state index in [9.17, 15) is 10.1 Å². The average molecular weight is 203 g/mol. The van der Waals surface area contributed by atoms with Crippen molar-refractivity contribution in [1.29, 1.82) is 5.26 Å². The monoisotopic (exact) mass is 203 g/mol. The molecule has 76 valence electrons. The number of nitro groups is 1. The molecule has 0 saturated carbocycles. The molecule has 1 aromatic carbocycles. The fourth-order valence-electron chi connectivity index (χ4n) is 1.14. The number of nitriles is 1. The van der Waals surface area contributed by atoms with Crippen LogP contribution in [0.25, 0.3) is 6.08 Å². The van der Waals surface area contributed by atoms with Gasteiger partial charge in [0.15, 0.2) is 0 Å². The number of nitrogens with zero attached hydrogens (tertiary/aromatic N) is 2. The van der Waals surface area contributed by atoms with Crippen LogP contribution in [0.3, 0.4) is 0 Å². The van der Waals surface area contributed by atoms with E-state index in [1.807, 2.05) is 6.07 Å². The van der Waals surface area contributed by atoms with Gasteiger partial charge >= 0.3 is 0 Å². The first-order valence-electron chi connectivity index (χ1n) is 4.22. The average Bonchev–Trinajstić information content (AvgIpc) is 2.25. The Balaban J connectivity index is 3.30. The van der Waals surface area contributed by atoms with Crippen LogP contribution in [0.15, 0.2) is 24.4 Å². The highest BCUT2D eigenvalue weighted by molar-refractivity contribution is 5.64. The van der Waals surface area contributed by atoms with Crippen LogP contribution in [0.4, 0.5) is 5.69 Å². The minimum atomic E-state index is -0.560. The van der Waals surface area contributed by atoms with Crippen LogP contribution in [0, 0.1) is 21.4 Å². The van der Waals surface area contributed by atoms with Crippen molar-refractivity contribution >= 4 is 11.8 Å². The maximum absolute atomic E-state index is 10.6. The summed E-state index contributed by atoms with van der Waals surface area (Å²) in [4.78, 5) is 10.1. The highest BCUT2D eigenvalue weighted by atomic mass is 16.6. The fourth-order valence-corrected chi connectivity index (χ4v) is 1.14. The molecule has 0 radical (unpaired) electrons. The van der Waals surface area contributed by atoms with Gasteiger partial charge in [-0.05, 0) is 12.3 Å². The van der Waals surface area contributed by atoms with Gasteiger partial charge in [-0.3, -0.25) is 10.1 Å². The third kappa shape index (κ3) is 2.31. The van der Waals surface area contributed by atoms with Crippen molar-refractivity contribution in [3.63, 3.8) is 0 Å². The minimum absolute atomic E-state index is 0.0778. The highest BCUT2D eigenvalue weighted by Gasteiger charge is 2.15. The van der Waals surface area contributed by atoms with Gasteiger partial charge < -0.3 is 5.32 Å². The van der Waals surface area contributed by atoms with Gasteiger partial charge in [-0.2, -0.15) is 5.26 Å². The summed E-state index contributed by atoms with van der Waals surface area (Å²) in [6.07, 6.45) is 3.23. The molecule has 1 N–H and O–H groups in total. The molecule has 15 heavy (non-hydrogen) atoms. The summed E-state index contributed by atoms with van der Waals surface area (Å²) in [5.41, 5.74) is 0.436. The van der Waals surface area contributed by atoms with E-state index in [0.717, 1.165) is 0 Å². The quantitative estimate of drug-likeness (QED) is 0.598. The van der Waals surface area contributed by atoms with Crippen LogP contribution in [0.1, 0.15) is 11.1 Å². The first-order chi connectivity index (χ1) is 7.20. The SMILES string of the molecule is CNC=Cc1cccc([N+](=O)[O-])c1C#N. The molecule has 1 rings (SSSR count). The Morgan fingerprint density at radius 2 is 2.33 bits per heavy atom. The molecule has 0 fully saturated rings. The summed E-state index contributed by atoms with van der Waals surface area (Å²) in [7, 11) is 1.71. The second-order valence-electron chi connectivity index (χ2n) is 2.73. The molecular formula is C10H9N3O2. The van der Waals surface area contributed by atoms with Crippen molar-refractivity contribution in [1.82, 2.24) is 5.32 Å². The zero-order chi connectivity index (χ0) is 11.3. The molecule has 5 heteroatoms. The number of nitrogens with one attached hydrogen (secondary N) is 1. The first-order valence-corrected chi connectivity index (χ1v) is 4.22. The molecule has 0 amide bonds. The van der Waals surface area contributed by atoms with E-state index in [-0.39, 0.29) is 11.3 Å². The van der Waals surface area contributed by atoms with E-state index >= 15 is 0 Å². The minimum Gasteiger partial charge on any atom is -0.394 e. The molecular weight excluding hydrogens is 194 g/mol. The highest BCUT2D eigenvalue weighted by Crippen LogP contribution is 2.21. The zero-order valence-electron chi connectivity index (χ0n) is 8.10. The fraction of sp³-hybridized carbons (Fsp3) is 0.100. The molecule has 0 spiro atoms. The van der Waals surface area contributed by atoms with Crippen molar-refractivity contribution in [2.45, 2.75) is 0 Å². The lowest BCUT2D eigenvalue weighted by atomic mass is 10.1. The Bertz CT molecular complexity index is 446. The van der Waals surface area contributed by atoms with Crippen LogP contribution in [0.2, 0.25) is 0 Å². The van der Waals surface area contributed by atoms with Crippen molar-refractivity contribution < 1.29 is 4.92 Å². The predicted octanol–water partition coefficient (Wildman–Crippen LogP) is 1.66. The lowest BCUT2D eigenvalue weighted by Gasteiger charge is -1.98. The summed E-state index contributed by atoms with van der Waals surface area (Å²) in [5, 5.41) is 22.2. The van der Waals surface area contributed by atoms with Crippen LogP contribution in [-0.4, -0.2) is 12.0 Å². The smallest absolute Gasteiger partial charge is 0.287 e. The predicted molar refractivity (Wildman–Crippen MR) is 55.9 cm³/mol. The van der Waals surface area contributed by atoms with Gasteiger partial charge in [0.25, 0.3) is 5.69 Å². The number of rotatable bonds is 3. The molecule has 0 bridgehead atoms. The molecule has 0 aromatic heterocycles. The lowest BCUT2D eigenvalue weighted by molar-refractivity contribution is -0.385. The van der Waals surface area contributed by atoms with Crippen molar-refractivity contribution in [3.05, 3.63) is 45.6 Å². The van der Waals surface area contributed by atoms with Crippen LogP contribution >= 0.6 is 0 Å². The van der Waals surface area contributed by atoms with Crippen molar-refractivity contribution in [3.8, 4) is 6.07 Å². The van der Waals surface area contributed by atoms with Gasteiger partial charge in [0, 0.05) is 18.7 Å². The van der Waals surface area contributed by atoms with Crippen LogP contribution in [-0.2, 0) is 0 Å². The molecule has 0 atom stereocenters. The van der Waals surface area contributed by atoms with E-state index in [4.69, 9.17) is 5.26 Å². The lowest BCUT2D eigenvalue weighted by Crippen LogP contribution is -1.95. The third-order valence-corrected chi connectivity index (χ3v) is 1.81. The van der Waals surface area contributed by atoms with Crippen LogP contribution in [0.5, 0.6) is 0 Å². The van der Waals surface area contributed by atoms with Gasteiger partial charge in [0.05, 0.1) is 4.92 Å². The topological polar surface area (TPSA) is 79.0 Å². The Morgan fingerprint density at radius 1 is 1.60 bits per heavy atom. The molecule has 5 nitrogen and oxygen atoms in total. The Morgan fingerprint density at radius 3 is 2.87 bits per heavy atom. The van der Waals surface area contributed by atoms with Crippen LogP contribution < -0.4 is 5.32 Å². The molecule has 0 saturated heterocycles. The number of hydrogen-bond acceptors (Lipinski definition) is 4.